The molecule has 1 spiro atoms. The standard InChI is InChI=1S/C20H23N3O5/c24-17(23-13-5-7-20(8-6-13)27-9-10-28-20)12-22-19(26)15-11-21-16-4-2-1-3-14(16)18(15)25/h1-4,11,13H,5-10,12H2,(H,21,25)(H,22,26)(H,23,24). The first-order valence-corrected chi connectivity index (χ1v) is 9.52. The van der Waals surface area contributed by atoms with Gasteiger partial charge in [0.1, 0.15) is 5.56 Å². The van der Waals surface area contributed by atoms with Crippen LogP contribution in [0.3, 0.4) is 0 Å². The summed E-state index contributed by atoms with van der Waals surface area (Å²) >= 11 is 0. The fourth-order valence-corrected chi connectivity index (χ4v) is 3.86. The smallest absolute Gasteiger partial charge is 0.257 e. The topological polar surface area (TPSA) is 110 Å². The molecule has 0 atom stereocenters. The summed E-state index contributed by atoms with van der Waals surface area (Å²) < 4.78 is 11.4. The Labute approximate surface area is 161 Å². The Morgan fingerprint density at radius 3 is 2.61 bits per heavy atom. The molecule has 8 heteroatoms. The number of fused-ring (bicyclic) bond motifs is 1. The van der Waals surface area contributed by atoms with Crippen molar-refractivity contribution in [1.82, 2.24) is 15.6 Å². The van der Waals surface area contributed by atoms with E-state index < -0.39 is 11.7 Å². The van der Waals surface area contributed by atoms with E-state index >= 15 is 0 Å². The third-order valence-corrected chi connectivity index (χ3v) is 5.37. The van der Waals surface area contributed by atoms with Gasteiger partial charge in [-0.25, -0.2) is 0 Å². The number of amides is 2. The number of hydrogen-bond donors (Lipinski definition) is 3. The molecule has 2 amide bonds. The molecular weight excluding hydrogens is 362 g/mol. The molecule has 2 aromatic rings. The van der Waals surface area contributed by atoms with Gasteiger partial charge in [0.05, 0.1) is 19.8 Å². The summed E-state index contributed by atoms with van der Waals surface area (Å²) in [5, 5.41) is 5.88. The zero-order chi connectivity index (χ0) is 19.6. The Kier molecular flexibility index (Phi) is 5.15. The van der Waals surface area contributed by atoms with Crippen molar-refractivity contribution in [2.45, 2.75) is 37.5 Å². The quantitative estimate of drug-likeness (QED) is 0.729. The number of aromatic amines is 1. The Morgan fingerprint density at radius 2 is 1.86 bits per heavy atom. The molecule has 1 aliphatic carbocycles. The maximum atomic E-state index is 12.4. The van der Waals surface area contributed by atoms with Gasteiger partial charge < -0.3 is 25.1 Å². The summed E-state index contributed by atoms with van der Waals surface area (Å²) in [7, 11) is 0. The van der Waals surface area contributed by atoms with Crippen LogP contribution in [0.5, 0.6) is 0 Å². The van der Waals surface area contributed by atoms with E-state index in [0.29, 0.717) is 24.1 Å². The third-order valence-electron chi connectivity index (χ3n) is 5.37. The van der Waals surface area contributed by atoms with Crippen LogP contribution in [0.2, 0.25) is 0 Å². The minimum Gasteiger partial charge on any atom is -0.360 e. The van der Waals surface area contributed by atoms with Gasteiger partial charge in [-0.15, -0.1) is 0 Å². The average molecular weight is 385 g/mol. The number of aromatic nitrogens is 1. The predicted molar refractivity (Wildman–Crippen MR) is 102 cm³/mol. The molecule has 28 heavy (non-hydrogen) atoms. The van der Waals surface area contributed by atoms with Gasteiger partial charge in [-0.2, -0.15) is 0 Å². The minimum absolute atomic E-state index is 0.0124. The minimum atomic E-state index is -0.572. The maximum absolute atomic E-state index is 12.4. The lowest BCUT2D eigenvalue weighted by Crippen LogP contribution is -2.47. The number of nitrogens with one attached hydrogen (secondary N) is 3. The van der Waals surface area contributed by atoms with Crippen LogP contribution in [0.1, 0.15) is 36.0 Å². The first-order valence-electron chi connectivity index (χ1n) is 9.52. The Hall–Kier alpha value is -2.71. The van der Waals surface area contributed by atoms with Crippen molar-refractivity contribution in [3.8, 4) is 0 Å². The summed E-state index contributed by atoms with van der Waals surface area (Å²) in [6, 6.07) is 7.00. The summed E-state index contributed by atoms with van der Waals surface area (Å²) in [5.74, 6) is -1.32. The molecule has 2 fully saturated rings. The predicted octanol–water partition coefficient (Wildman–Crippen LogP) is 1.06. The summed E-state index contributed by atoms with van der Waals surface area (Å²) in [6.07, 6.45) is 4.40. The maximum Gasteiger partial charge on any atom is 0.257 e. The molecule has 0 unspecified atom stereocenters. The molecule has 1 aromatic carbocycles. The van der Waals surface area contributed by atoms with Gasteiger partial charge in [0, 0.05) is 36.0 Å². The van der Waals surface area contributed by atoms with Gasteiger partial charge >= 0.3 is 0 Å². The van der Waals surface area contributed by atoms with Gasteiger partial charge in [-0.05, 0) is 25.0 Å². The van der Waals surface area contributed by atoms with Crippen molar-refractivity contribution in [3.63, 3.8) is 0 Å². The highest BCUT2D eigenvalue weighted by atomic mass is 16.7. The number of hydrogen-bond acceptors (Lipinski definition) is 5. The van der Waals surface area contributed by atoms with Crippen LogP contribution in [0, 0.1) is 0 Å². The van der Waals surface area contributed by atoms with E-state index in [0.717, 1.165) is 25.7 Å². The van der Waals surface area contributed by atoms with E-state index in [1.807, 2.05) is 0 Å². The lowest BCUT2D eigenvalue weighted by Gasteiger charge is -2.35. The molecule has 2 aliphatic rings. The van der Waals surface area contributed by atoms with Crippen LogP contribution < -0.4 is 16.1 Å². The second-order valence-corrected chi connectivity index (χ2v) is 7.21. The van der Waals surface area contributed by atoms with Crippen molar-refractivity contribution < 1.29 is 19.1 Å². The van der Waals surface area contributed by atoms with E-state index in [1.54, 1.807) is 24.3 Å². The highest BCUT2D eigenvalue weighted by Crippen LogP contribution is 2.35. The number of carbonyl (C=O) groups is 2. The Balaban J connectivity index is 1.30. The zero-order valence-corrected chi connectivity index (χ0v) is 15.5. The van der Waals surface area contributed by atoms with E-state index in [4.69, 9.17) is 9.47 Å². The van der Waals surface area contributed by atoms with Crippen molar-refractivity contribution in [3.05, 3.63) is 46.2 Å². The molecule has 148 valence electrons. The number of H-pyrrole nitrogens is 1. The lowest BCUT2D eigenvalue weighted by molar-refractivity contribution is -0.180. The number of carbonyl (C=O) groups excluding carboxylic acids is 2. The van der Waals surface area contributed by atoms with Crippen molar-refractivity contribution in [2.75, 3.05) is 19.8 Å². The molecule has 2 heterocycles. The number of para-hydroxylation sites is 1. The van der Waals surface area contributed by atoms with E-state index in [1.165, 1.54) is 6.20 Å². The molecule has 8 nitrogen and oxygen atoms in total. The lowest BCUT2D eigenvalue weighted by atomic mass is 9.90. The van der Waals surface area contributed by atoms with Gasteiger partial charge in [0.25, 0.3) is 5.91 Å². The summed E-state index contributed by atoms with van der Waals surface area (Å²) in [4.78, 5) is 39.9. The number of ether oxygens (including phenoxy) is 2. The van der Waals surface area contributed by atoms with Gasteiger partial charge in [-0.1, -0.05) is 12.1 Å². The normalized spacial score (nSPS) is 19.0. The zero-order valence-electron chi connectivity index (χ0n) is 15.5. The molecule has 1 saturated heterocycles. The fourth-order valence-electron chi connectivity index (χ4n) is 3.86. The largest absolute Gasteiger partial charge is 0.360 e. The van der Waals surface area contributed by atoms with Gasteiger partial charge in [0.15, 0.2) is 5.79 Å². The highest BCUT2D eigenvalue weighted by molar-refractivity contribution is 5.98. The van der Waals surface area contributed by atoms with Crippen LogP contribution in [-0.4, -0.2) is 48.4 Å². The van der Waals surface area contributed by atoms with Crippen LogP contribution in [0.4, 0.5) is 0 Å². The van der Waals surface area contributed by atoms with Crippen LogP contribution in [-0.2, 0) is 14.3 Å². The molecule has 1 saturated carbocycles. The molecule has 0 radical (unpaired) electrons. The van der Waals surface area contributed by atoms with Gasteiger partial charge in [0.2, 0.25) is 11.3 Å². The van der Waals surface area contributed by atoms with Crippen molar-refractivity contribution in [2.24, 2.45) is 0 Å². The first kappa shape index (κ1) is 18.6. The average Bonchev–Trinajstić information content (AvgIpc) is 3.17. The first-order chi connectivity index (χ1) is 13.6. The SMILES string of the molecule is O=C(CNC(=O)c1c[nH]c2ccccc2c1=O)NC1CCC2(CC1)OCCO2. The van der Waals surface area contributed by atoms with Crippen LogP contribution >= 0.6 is 0 Å². The number of rotatable bonds is 4. The molecule has 1 aromatic heterocycles. The Bertz CT molecular complexity index is 938. The number of benzene rings is 1. The summed E-state index contributed by atoms with van der Waals surface area (Å²) in [6.45, 7) is 1.06. The molecule has 4 rings (SSSR count). The van der Waals surface area contributed by atoms with Crippen molar-refractivity contribution in [1.29, 1.82) is 0 Å². The molecular formula is C20H23N3O5. The van der Waals surface area contributed by atoms with Crippen molar-refractivity contribution >= 4 is 22.7 Å². The summed E-state index contributed by atoms with van der Waals surface area (Å²) in [5.41, 5.74) is 0.287. The number of pyridine rings is 1. The molecule has 3 N–H and O–H groups in total. The fraction of sp³-hybridized carbons (Fsp3) is 0.450. The van der Waals surface area contributed by atoms with E-state index in [9.17, 15) is 14.4 Å². The second-order valence-electron chi connectivity index (χ2n) is 7.21. The Morgan fingerprint density at radius 1 is 1.14 bits per heavy atom. The second kappa shape index (κ2) is 7.73. The highest BCUT2D eigenvalue weighted by Gasteiger charge is 2.40. The monoisotopic (exact) mass is 385 g/mol. The van der Waals surface area contributed by atoms with Crippen LogP contribution in [0.15, 0.2) is 35.3 Å². The molecule has 0 bridgehead atoms. The van der Waals surface area contributed by atoms with Crippen LogP contribution in [0.25, 0.3) is 10.9 Å². The molecule has 1 aliphatic heterocycles. The third kappa shape index (κ3) is 3.79. The van der Waals surface area contributed by atoms with E-state index in [-0.39, 0.29) is 29.5 Å². The van der Waals surface area contributed by atoms with Gasteiger partial charge in [-0.3, -0.25) is 14.4 Å². The van der Waals surface area contributed by atoms with E-state index in [2.05, 4.69) is 15.6 Å².